The van der Waals surface area contributed by atoms with Gasteiger partial charge in [0.1, 0.15) is 5.78 Å². The Labute approximate surface area is 198 Å². The van der Waals surface area contributed by atoms with Crippen LogP contribution in [-0.2, 0) is 11.2 Å². The summed E-state index contributed by atoms with van der Waals surface area (Å²) in [5.41, 5.74) is 3.28. The van der Waals surface area contributed by atoms with Crippen molar-refractivity contribution in [3.05, 3.63) is 71.2 Å². The topological polar surface area (TPSA) is 38.8 Å². The zero-order chi connectivity index (χ0) is 22.5. The summed E-state index contributed by atoms with van der Waals surface area (Å²) in [6.07, 6.45) is 2.72. The van der Waals surface area contributed by atoms with Gasteiger partial charge in [0, 0.05) is 34.2 Å². The molecule has 166 valence electrons. The van der Waals surface area contributed by atoms with Crippen molar-refractivity contribution in [2.75, 3.05) is 25.7 Å². The van der Waals surface area contributed by atoms with Crippen molar-refractivity contribution < 1.29 is 14.3 Å². The summed E-state index contributed by atoms with van der Waals surface area (Å²) < 4.78 is 10.6. The van der Waals surface area contributed by atoms with E-state index in [2.05, 4.69) is 35.2 Å². The van der Waals surface area contributed by atoms with Crippen LogP contribution in [0.25, 0.3) is 0 Å². The molecular weight excluding hydrogens is 442 g/mol. The highest BCUT2D eigenvalue weighted by Crippen LogP contribution is 2.48. The molecule has 0 amide bonds. The second kappa shape index (κ2) is 10.3. The van der Waals surface area contributed by atoms with Crippen LogP contribution in [0.1, 0.15) is 24.8 Å². The summed E-state index contributed by atoms with van der Waals surface area (Å²) in [6, 6.07) is 20.1. The third-order valence-electron chi connectivity index (χ3n) is 5.52. The van der Waals surface area contributed by atoms with Gasteiger partial charge in [-0.3, -0.25) is 4.79 Å². The maximum Gasteiger partial charge on any atom is 0.161 e. The Kier molecular flexibility index (Phi) is 7.28. The number of benzene rings is 3. The van der Waals surface area contributed by atoms with E-state index in [0.717, 1.165) is 35.7 Å². The SMILES string of the molecule is COc1ccc(CC(=O)CCCCN2c3ccccc3Sc3ccc(Cl)cc32)cc1OC. The van der Waals surface area contributed by atoms with Gasteiger partial charge in [-0.25, -0.2) is 0 Å². The average molecular weight is 468 g/mol. The number of unbranched alkanes of at least 4 members (excludes halogenated alkanes) is 1. The van der Waals surface area contributed by atoms with Gasteiger partial charge in [0.25, 0.3) is 0 Å². The standard InChI is InChI=1S/C26H26ClNO3S/c1-30-23-12-10-18(16-24(23)31-2)15-20(29)7-5-6-14-28-21-8-3-4-9-25(21)32-26-13-11-19(27)17-22(26)28/h3-4,8-13,16-17H,5-7,14-15H2,1-2H3. The number of para-hydroxylation sites is 1. The van der Waals surface area contributed by atoms with Crippen molar-refractivity contribution in [1.29, 1.82) is 0 Å². The van der Waals surface area contributed by atoms with Crippen LogP contribution in [0.3, 0.4) is 0 Å². The van der Waals surface area contributed by atoms with Gasteiger partial charge in [0.05, 0.1) is 25.6 Å². The minimum absolute atomic E-state index is 0.232. The maximum absolute atomic E-state index is 12.6. The number of ether oxygens (including phenoxy) is 2. The number of anilines is 2. The van der Waals surface area contributed by atoms with Crippen LogP contribution >= 0.6 is 23.4 Å². The molecule has 0 aliphatic carbocycles. The van der Waals surface area contributed by atoms with E-state index in [1.165, 1.54) is 15.5 Å². The van der Waals surface area contributed by atoms with E-state index in [0.29, 0.717) is 24.3 Å². The number of hydrogen-bond acceptors (Lipinski definition) is 5. The monoisotopic (exact) mass is 467 g/mol. The number of rotatable bonds is 9. The van der Waals surface area contributed by atoms with Crippen LogP contribution < -0.4 is 14.4 Å². The lowest BCUT2D eigenvalue weighted by molar-refractivity contribution is -0.118. The fraction of sp³-hybridized carbons (Fsp3) is 0.269. The van der Waals surface area contributed by atoms with Crippen LogP contribution in [0.15, 0.2) is 70.5 Å². The van der Waals surface area contributed by atoms with Crippen LogP contribution in [-0.4, -0.2) is 26.5 Å². The number of nitrogens with zero attached hydrogens (tertiary/aromatic N) is 1. The van der Waals surface area contributed by atoms with Crippen LogP contribution in [0.5, 0.6) is 11.5 Å². The Morgan fingerprint density at radius 1 is 0.906 bits per heavy atom. The van der Waals surface area contributed by atoms with Gasteiger partial charge in [-0.1, -0.05) is 41.6 Å². The molecule has 0 spiro atoms. The molecule has 3 aromatic carbocycles. The molecule has 0 unspecified atom stereocenters. The zero-order valence-corrected chi connectivity index (χ0v) is 19.8. The summed E-state index contributed by atoms with van der Waals surface area (Å²) in [4.78, 5) is 17.3. The molecule has 0 aromatic heterocycles. The van der Waals surface area contributed by atoms with Gasteiger partial charge in [0.2, 0.25) is 0 Å². The molecule has 1 aliphatic rings. The van der Waals surface area contributed by atoms with Crippen molar-refractivity contribution in [3.8, 4) is 11.5 Å². The number of fused-ring (bicyclic) bond motifs is 2. The molecule has 0 N–H and O–H groups in total. The lowest BCUT2D eigenvalue weighted by Gasteiger charge is -2.33. The molecule has 6 heteroatoms. The maximum atomic E-state index is 12.6. The van der Waals surface area contributed by atoms with Crippen LogP contribution in [0.4, 0.5) is 11.4 Å². The number of carbonyl (C=O) groups is 1. The second-order valence-electron chi connectivity index (χ2n) is 7.70. The Morgan fingerprint density at radius 3 is 2.50 bits per heavy atom. The highest BCUT2D eigenvalue weighted by molar-refractivity contribution is 7.99. The van der Waals surface area contributed by atoms with Gasteiger partial charge in [-0.2, -0.15) is 0 Å². The first-order valence-corrected chi connectivity index (χ1v) is 11.8. The molecule has 32 heavy (non-hydrogen) atoms. The van der Waals surface area contributed by atoms with Gasteiger partial charge in [-0.15, -0.1) is 0 Å². The predicted octanol–water partition coefficient (Wildman–Crippen LogP) is 6.94. The predicted molar refractivity (Wildman–Crippen MR) is 131 cm³/mol. The summed E-state index contributed by atoms with van der Waals surface area (Å²) in [7, 11) is 3.21. The molecule has 0 bridgehead atoms. The number of methoxy groups -OCH3 is 2. The average Bonchev–Trinajstić information content (AvgIpc) is 2.81. The minimum Gasteiger partial charge on any atom is -0.493 e. The van der Waals surface area contributed by atoms with Gasteiger partial charge >= 0.3 is 0 Å². The number of halogens is 1. The van der Waals surface area contributed by atoms with E-state index >= 15 is 0 Å². The Balaban J connectivity index is 1.36. The molecule has 4 rings (SSSR count). The molecule has 1 aliphatic heterocycles. The fourth-order valence-corrected chi connectivity index (χ4v) is 5.18. The Morgan fingerprint density at radius 2 is 1.69 bits per heavy atom. The highest BCUT2D eigenvalue weighted by atomic mass is 35.5. The first-order chi connectivity index (χ1) is 15.6. The first kappa shape index (κ1) is 22.6. The third kappa shape index (κ3) is 5.05. The first-order valence-electron chi connectivity index (χ1n) is 10.7. The number of ketones is 1. The Hall–Kier alpha value is -2.63. The molecule has 0 fully saturated rings. The minimum atomic E-state index is 0.232. The highest BCUT2D eigenvalue weighted by Gasteiger charge is 2.23. The van der Waals surface area contributed by atoms with Gasteiger partial charge in [0.15, 0.2) is 11.5 Å². The Bertz CT molecular complexity index is 1120. The zero-order valence-electron chi connectivity index (χ0n) is 18.3. The van der Waals surface area contributed by atoms with E-state index in [1.807, 2.05) is 30.3 Å². The van der Waals surface area contributed by atoms with Gasteiger partial charge < -0.3 is 14.4 Å². The number of Topliss-reactive ketones (excluding diaryl/α,β-unsaturated/α-hetero) is 1. The molecule has 0 atom stereocenters. The molecule has 0 radical (unpaired) electrons. The van der Waals surface area contributed by atoms with Crippen molar-refractivity contribution in [2.24, 2.45) is 0 Å². The molecule has 0 saturated carbocycles. The summed E-state index contributed by atoms with van der Waals surface area (Å²) in [5, 5.41) is 0.735. The van der Waals surface area contributed by atoms with Crippen LogP contribution in [0, 0.1) is 0 Å². The molecule has 4 nitrogen and oxygen atoms in total. The summed E-state index contributed by atoms with van der Waals surface area (Å²) >= 11 is 8.06. The molecule has 1 heterocycles. The summed E-state index contributed by atoms with van der Waals surface area (Å²) in [5.74, 6) is 1.55. The van der Waals surface area contributed by atoms with Gasteiger partial charge in [-0.05, 0) is 60.9 Å². The number of hydrogen-bond donors (Lipinski definition) is 0. The molecule has 3 aromatic rings. The van der Waals surface area contributed by atoms with E-state index in [9.17, 15) is 4.79 Å². The normalized spacial score (nSPS) is 12.2. The van der Waals surface area contributed by atoms with E-state index in [4.69, 9.17) is 21.1 Å². The van der Waals surface area contributed by atoms with E-state index in [1.54, 1.807) is 26.0 Å². The van der Waals surface area contributed by atoms with Crippen molar-refractivity contribution in [2.45, 2.75) is 35.5 Å². The van der Waals surface area contributed by atoms with E-state index in [-0.39, 0.29) is 5.78 Å². The smallest absolute Gasteiger partial charge is 0.161 e. The quantitative estimate of drug-likeness (QED) is 0.318. The summed E-state index contributed by atoms with van der Waals surface area (Å²) in [6.45, 7) is 0.842. The van der Waals surface area contributed by atoms with Crippen LogP contribution in [0.2, 0.25) is 5.02 Å². The lowest BCUT2D eigenvalue weighted by Crippen LogP contribution is -2.22. The van der Waals surface area contributed by atoms with E-state index < -0.39 is 0 Å². The van der Waals surface area contributed by atoms with Crippen molar-refractivity contribution in [1.82, 2.24) is 0 Å². The van der Waals surface area contributed by atoms with Crippen molar-refractivity contribution >= 4 is 40.5 Å². The lowest BCUT2D eigenvalue weighted by atomic mass is 10.0. The molecule has 0 saturated heterocycles. The number of carbonyl (C=O) groups excluding carboxylic acids is 1. The second-order valence-corrected chi connectivity index (χ2v) is 9.22. The third-order valence-corrected chi connectivity index (χ3v) is 6.89. The fourth-order valence-electron chi connectivity index (χ4n) is 3.94. The van der Waals surface area contributed by atoms with Crippen molar-refractivity contribution in [3.63, 3.8) is 0 Å². The largest absolute Gasteiger partial charge is 0.493 e. The molecular formula is C26H26ClNO3S.